The maximum absolute atomic E-state index is 13.3. The Labute approximate surface area is 199 Å². The summed E-state index contributed by atoms with van der Waals surface area (Å²) in [6.45, 7) is 7.85. The van der Waals surface area contributed by atoms with Crippen molar-refractivity contribution < 1.29 is 9.59 Å². The number of carbonyl (C=O) groups is 2. The molecule has 2 aromatic rings. The average Bonchev–Trinajstić information content (AvgIpc) is 2.67. The molecule has 31 heavy (non-hydrogen) atoms. The lowest BCUT2D eigenvalue weighted by Gasteiger charge is -2.33. The molecule has 0 aromatic heterocycles. The maximum Gasteiger partial charge on any atom is 0.243 e. The lowest BCUT2D eigenvalue weighted by molar-refractivity contribution is -0.142. The van der Waals surface area contributed by atoms with Crippen molar-refractivity contribution >= 4 is 46.6 Å². The number of rotatable bonds is 8. The number of carbonyl (C=O) groups excluding carboxylic acids is 2. The molecule has 0 aliphatic rings. The molecule has 0 radical (unpaired) electrons. The van der Waals surface area contributed by atoms with Crippen molar-refractivity contribution in [2.45, 2.75) is 65.1 Å². The minimum absolute atomic E-state index is 0.137. The van der Waals surface area contributed by atoms with E-state index in [4.69, 9.17) is 34.8 Å². The van der Waals surface area contributed by atoms with Crippen LogP contribution in [-0.2, 0) is 22.6 Å². The van der Waals surface area contributed by atoms with Crippen molar-refractivity contribution in [3.8, 4) is 0 Å². The molecule has 0 aliphatic carbocycles. The van der Waals surface area contributed by atoms with Gasteiger partial charge < -0.3 is 10.2 Å². The second-order valence-corrected chi connectivity index (χ2v) is 9.76. The number of hydrogen-bond acceptors (Lipinski definition) is 2. The van der Waals surface area contributed by atoms with Gasteiger partial charge in [-0.3, -0.25) is 9.59 Å². The first-order chi connectivity index (χ1) is 14.5. The Kier molecular flexibility index (Phi) is 9.23. The van der Waals surface area contributed by atoms with E-state index in [0.29, 0.717) is 27.9 Å². The van der Waals surface area contributed by atoms with E-state index in [0.717, 1.165) is 11.1 Å². The van der Waals surface area contributed by atoms with E-state index >= 15 is 0 Å². The fourth-order valence-corrected chi connectivity index (χ4v) is 3.99. The van der Waals surface area contributed by atoms with Gasteiger partial charge in [-0.15, -0.1) is 0 Å². The zero-order chi connectivity index (χ0) is 23.2. The molecule has 1 atom stereocenters. The normalized spacial score (nSPS) is 12.4. The van der Waals surface area contributed by atoms with E-state index in [-0.39, 0.29) is 24.8 Å². The fraction of sp³-hybridized carbons (Fsp3) is 0.417. The van der Waals surface area contributed by atoms with Gasteiger partial charge in [0, 0.05) is 33.6 Å². The minimum atomic E-state index is -0.621. The molecule has 0 spiro atoms. The first-order valence-corrected chi connectivity index (χ1v) is 11.4. The van der Waals surface area contributed by atoms with Gasteiger partial charge in [0.05, 0.1) is 0 Å². The zero-order valence-electron chi connectivity index (χ0n) is 18.3. The Morgan fingerprint density at radius 3 is 2.26 bits per heavy atom. The molecule has 2 rings (SSSR count). The van der Waals surface area contributed by atoms with Crippen molar-refractivity contribution in [1.29, 1.82) is 0 Å². The Hall–Kier alpha value is -1.75. The fourth-order valence-electron chi connectivity index (χ4n) is 3.29. The van der Waals surface area contributed by atoms with Crippen LogP contribution in [-0.4, -0.2) is 28.3 Å². The summed E-state index contributed by atoms with van der Waals surface area (Å²) in [5.74, 6) is -0.326. The summed E-state index contributed by atoms with van der Waals surface area (Å²) in [4.78, 5) is 27.9. The van der Waals surface area contributed by atoms with Crippen LogP contribution in [0.1, 0.15) is 51.7 Å². The topological polar surface area (TPSA) is 49.4 Å². The number of benzene rings is 2. The monoisotopic (exact) mass is 482 g/mol. The largest absolute Gasteiger partial charge is 0.350 e. The van der Waals surface area contributed by atoms with Crippen molar-refractivity contribution in [3.63, 3.8) is 0 Å². The van der Waals surface area contributed by atoms with Gasteiger partial charge >= 0.3 is 0 Å². The van der Waals surface area contributed by atoms with Crippen molar-refractivity contribution in [3.05, 3.63) is 68.7 Å². The summed E-state index contributed by atoms with van der Waals surface area (Å²) < 4.78 is 0. The van der Waals surface area contributed by atoms with Crippen LogP contribution in [0.15, 0.2) is 42.5 Å². The first kappa shape index (κ1) is 25.5. The van der Waals surface area contributed by atoms with Crippen LogP contribution in [0.2, 0.25) is 15.1 Å². The molecule has 168 valence electrons. The number of amides is 2. The van der Waals surface area contributed by atoms with Gasteiger partial charge in [0.25, 0.3) is 0 Å². The lowest BCUT2D eigenvalue weighted by Crippen LogP contribution is -2.53. The third-order valence-corrected chi connectivity index (χ3v) is 5.76. The quantitative estimate of drug-likeness (QED) is 0.479. The van der Waals surface area contributed by atoms with Crippen LogP contribution >= 0.6 is 34.8 Å². The Morgan fingerprint density at radius 2 is 1.68 bits per heavy atom. The second kappa shape index (κ2) is 11.2. The molecule has 2 amide bonds. The van der Waals surface area contributed by atoms with Gasteiger partial charge in [0.2, 0.25) is 11.8 Å². The highest BCUT2D eigenvalue weighted by atomic mass is 35.5. The zero-order valence-corrected chi connectivity index (χ0v) is 20.6. The third-order valence-electron chi connectivity index (χ3n) is 4.81. The SMILES string of the molecule is CC[C@@H](C(=O)NC(C)(C)C)N(Cc1ccc(Cl)cc1Cl)C(=O)CCc1ccccc1Cl. The van der Waals surface area contributed by atoms with E-state index in [1.165, 1.54) is 0 Å². The van der Waals surface area contributed by atoms with Crippen LogP contribution in [0.25, 0.3) is 0 Å². The van der Waals surface area contributed by atoms with E-state index in [1.54, 1.807) is 29.2 Å². The molecular formula is C24H29Cl3N2O2. The van der Waals surface area contributed by atoms with Gasteiger partial charge in [-0.25, -0.2) is 0 Å². The van der Waals surface area contributed by atoms with Gasteiger partial charge in [0.15, 0.2) is 0 Å². The lowest BCUT2D eigenvalue weighted by atomic mass is 10.0. The molecule has 0 saturated carbocycles. The summed E-state index contributed by atoms with van der Waals surface area (Å²) in [6.07, 6.45) is 1.19. The molecule has 0 unspecified atom stereocenters. The number of halogens is 3. The van der Waals surface area contributed by atoms with Crippen LogP contribution < -0.4 is 5.32 Å². The van der Waals surface area contributed by atoms with Crippen molar-refractivity contribution in [2.24, 2.45) is 0 Å². The molecule has 2 aromatic carbocycles. The highest BCUT2D eigenvalue weighted by Gasteiger charge is 2.30. The molecule has 4 nitrogen and oxygen atoms in total. The standard InChI is InChI=1S/C24H29Cl3N2O2/c1-5-21(23(31)28-24(2,3)4)29(15-17-10-12-18(25)14-20(17)27)22(30)13-11-16-8-6-7-9-19(16)26/h6-10,12,14,21H,5,11,13,15H2,1-4H3,(H,28,31)/t21-/m0/s1. The predicted molar refractivity (Wildman–Crippen MR) is 129 cm³/mol. The summed E-state index contributed by atoms with van der Waals surface area (Å²) in [7, 11) is 0. The summed E-state index contributed by atoms with van der Waals surface area (Å²) in [6, 6.07) is 12.0. The maximum atomic E-state index is 13.3. The first-order valence-electron chi connectivity index (χ1n) is 10.3. The van der Waals surface area contributed by atoms with E-state index in [1.807, 2.05) is 45.9 Å². The summed E-state index contributed by atoms with van der Waals surface area (Å²) in [5.41, 5.74) is 1.22. The summed E-state index contributed by atoms with van der Waals surface area (Å²) >= 11 is 18.6. The molecule has 0 saturated heterocycles. The number of aryl methyl sites for hydroxylation is 1. The second-order valence-electron chi connectivity index (χ2n) is 8.51. The highest BCUT2D eigenvalue weighted by molar-refractivity contribution is 6.35. The van der Waals surface area contributed by atoms with Gasteiger partial charge in [-0.1, -0.05) is 66.0 Å². The Bertz CT molecular complexity index is 925. The van der Waals surface area contributed by atoms with E-state index < -0.39 is 11.6 Å². The molecule has 0 aliphatic heterocycles. The van der Waals surface area contributed by atoms with Gasteiger partial charge in [-0.2, -0.15) is 0 Å². The van der Waals surface area contributed by atoms with Crippen molar-refractivity contribution in [2.75, 3.05) is 0 Å². The number of nitrogens with zero attached hydrogens (tertiary/aromatic N) is 1. The highest BCUT2D eigenvalue weighted by Crippen LogP contribution is 2.25. The number of nitrogens with one attached hydrogen (secondary N) is 1. The minimum Gasteiger partial charge on any atom is -0.350 e. The van der Waals surface area contributed by atoms with Crippen LogP contribution in [0.5, 0.6) is 0 Å². The van der Waals surface area contributed by atoms with Crippen LogP contribution in [0.3, 0.4) is 0 Å². The molecule has 1 N–H and O–H groups in total. The smallest absolute Gasteiger partial charge is 0.243 e. The Balaban J connectivity index is 2.29. The predicted octanol–water partition coefficient (Wildman–Crippen LogP) is 6.30. The summed E-state index contributed by atoms with van der Waals surface area (Å²) in [5, 5.41) is 4.59. The van der Waals surface area contributed by atoms with Gasteiger partial charge in [-0.05, 0) is 62.9 Å². The van der Waals surface area contributed by atoms with Crippen LogP contribution in [0, 0.1) is 0 Å². The van der Waals surface area contributed by atoms with Gasteiger partial charge in [0.1, 0.15) is 6.04 Å². The van der Waals surface area contributed by atoms with Crippen molar-refractivity contribution in [1.82, 2.24) is 10.2 Å². The van der Waals surface area contributed by atoms with E-state index in [9.17, 15) is 9.59 Å². The molecule has 0 heterocycles. The molecule has 7 heteroatoms. The Morgan fingerprint density at radius 1 is 1.00 bits per heavy atom. The van der Waals surface area contributed by atoms with E-state index in [2.05, 4.69) is 5.32 Å². The molecular weight excluding hydrogens is 455 g/mol. The number of hydrogen-bond donors (Lipinski definition) is 1. The van der Waals surface area contributed by atoms with Crippen LogP contribution in [0.4, 0.5) is 0 Å². The molecule has 0 fully saturated rings. The molecule has 0 bridgehead atoms. The third kappa shape index (κ3) is 7.71. The average molecular weight is 484 g/mol.